The van der Waals surface area contributed by atoms with Crippen molar-refractivity contribution in [2.75, 3.05) is 11.4 Å². The van der Waals surface area contributed by atoms with Gasteiger partial charge in [0.05, 0.1) is 18.8 Å². The third-order valence-corrected chi connectivity index (χ3v) is 3.25. The summed E-state index contributed by atoms with van der Waals surface area (Å²) >= 11 is 0. The molecule has 110 valence electrons. The zero-order chi connectivity index (χ0) is 15.0. The van der Waals surface area contributed by atoms with Crippen molar-refractivity contribution in [2.24, 2.45) is 0 Å². The van der Waals surface area contributed by atoms with Crippen LogP contribution in [-0.2, 0) is 11.3 Å². The number of aromatic nitrogens is 2. The van der Waals surface area contributed by atoms with Gasteiger partial charge in [0.1, 0.15) is 11.4 Å². The second-order valence-corrected chi connectivity index (χ2v) is 6.11. The molecular weight excluding hydrogens is 266 g/mol. The van der Waals surface area contributed by atoms with Crippen LogP contribution in [0.25, 0.3) is 11.3 Å². The first-order chi connectivity index (χ1) is 9.94. The molecule has 1 amide bonds. The minimum absolute atomic E-state index is 0.319. The second-order valence-electron chi connectivity index (χ2n) is 6.11. The Balaban J connectivity index is 1.86. The van der Waals surface area contributed by atoms with Gasteiger partial charge in [-0.1, -0.05) is 30.3 Å². The van der Waals surface area contributed by atoms with E-state index in [9.17, 15) is 4.79 Å². The Labute approximate surface area is 124 Å². The van der Waals surface area contributed by atoms with Crippen molar-refractivity contribution in [3.05, 3.63) is 36.4 Å². The average molecular weight is 285 g/mol. The van der Waals surface area contributed by atoms with Crippen molar-refractivity contribution >= 4 is 11.9 Å². The van der Waals surface area contributed by atoms with Gasteiger partial charge in [-0.2, -0.15) is 5.10 Å². The van der Waals surface area contributed by atoms with Crippen LogP contribution in [0.2, 0.25) is 0 Å². The fourth-order valence-corrected chi connectivity index (χ4v) is 2.35. The Hall–Kier alpha value is -2.30. The van der Waals surface area contributed by atoms with Crippen LogP contribution >= 0.6 is 0 Å². The number of amides is 1. The lowest BCUT2D eigenvalue weighted by Gasteiger charge is -2.23. The van der Waals surface area contributed by atoms with Crippen molar-refractivity contribution in [3.8, 4) is 11.3 Å². The van der Waals surface area contributed by atoms with E-state index in [1.54, 1.807) is 4.90 Å². The monoisotopic (exact) mass is 285 g/mol. The van der Waals surface area contributed by atoms with E-state index >= 15 is 0 Å². The topological polar surface area (TPSA) is 47.4 Å². The SMILES string of the molecule is CC(C)(C)OC(=O)N1CCn2nc(-c3ccccc3)cc21. The molecule has 1 aliphatic heterocycles. The van der Waals surface area contributed by atoms with Gasteiger partial charge in [-0.25, -0.2) is 9.48 Å². The molecule has 1 aromatic carbocycles. The number of carbonyl (C=O) groups is 1. The maximum atomic E-state index is 12.2. The van der Waals surface area contributed by atoms with Crippen LogP contribution in [0.1, 0.15) is 20.8 Å². The normalized spacial score (nSPS) is 14.1. The Morgan fingerprint density at radius 2 is 1.90 bits per heavy atom. The molecule has 0 radical (unpaired) electrons. The highest BCUT2D eigenvalue weighted by molar-refractivity contribution is 5.88. The molecule has 0 atom stereocenters. The van der Waals surface area contributed by atoms with E-state index in [1.165, 1.54) is 0 Å². The summed E-state index contributed by atoms with van der Waals surface area (Å²) in [6.07, 6.45) is -0.319. The summed E-state index contributed by atoms with van der Waals surface area (Å²) in [6.45, 7) is 6.91. The molecule has 0 saturated heterocycles. The molecule has 0 unspecified atom stereocenters. The standard InChI is InChI=1S/C16H19N3O2/c1-16(2,3)21-15(20)18-9-10-19-14(18)11-13(17-19)12-7-5-4-6-8-12/h4-8,11H,9-10H2,1-3H3. The lowest BCUT2D eigenvalue weighted by atomic mass is 10.1. The maximum Gasteiger partial charge on any atom is 0.416 e. The van der Waals surface area contributed by atoms with Crippen LogP contribution in [0, 0.1) is 0 Å². The van der Waals surface area contributed by atoms with Gasteiger partial charge in [0.2, 0.25) is 0 Å². The second kappa shape index (κ2) is 4.91. The van der Waals surface area contributed by atoms with Gasteiger partial charge in [0.15, 0.2) is 0 Å². The van der Waals surface area contributed by atoms with E-state index in [1.807, 2.05) is 61.9 Å². The van der Waals surface area contributed by atoms with E-state index in [0.717, 1.165) is 17.1 Å². The van der Waals surface area contributed by atoms with Crippen molar-refractivity contribution in [2.45, 2.75) is 32.9 Å². The van der Waals surface area contributed by atoms with Gasteiger partial charge in [-0.05, 0) is 20.8 Å². The van der Waals surface area contributed by atoms with E-state index in [0.29, 0.717) is 13.1 Å². The summed E-state index contributed by atoms with van der Waals surface area (Å²) in [6, 6.07) is 11.9. The minimum atomic E-state index is -0.493. The number of nitrogens with zero attached hydrogens (tertiary/aromatic N) is 3. The number of rotatable bonds is 1. The van der Waals surface area contributed by atoms with Crippen LogP contribution in [0.15, 0.2) is 36.4 Å². The highest BCUT2D eigenvalue weighted by atomic mass is 16.6. The van der Waals surface area contributed by atoms with E-state index in [2.05, 4.69) is 5.10 Å². The molecule has 1 aromatic heterocycles. The number of hydrogen-bond donors (Lipinski definition) is 0. The molecule has 3 rings (SSSR count). The van der Waals surface area contributed by atoms with Gasteiger partial charge in [0, 0.05) is 11.6 Å². The fraction of sp³-hybridized carbons (Fsp3) is 0.375. The zero-order valence-electron chi connectivity index (χ0n) is 12.5. The molecule has 2 heterocycles. The third-order valence-electron chi connectivity index (χ3n) is 3.25. The number of fused-ring (bicyclic) bond motifs is 1. The molecule has 0 spiro atoms. The molecular formula is C16H19N3O2. The summed E-state index contributed by atoms with van der Waals surface area (Å²) < 4.78 is 7.29. The number of anilines is 1. The van der Waals surface area contributed by atoms with Crippen LogP contribution in [0.3, 0.4) is 0 Å². The molecule has 0 fully saturated rings. The van der Waals surface area contributed by atoms with Gasteiger partial charge in [-0.3, -0.25) is 4.90 Å². The molecule has 0 bridgehead atoms. The number of carbonyl (C=O) groups excluding carboxylic acids is 1. The molecule has 21 heavy (non-hydrogen) atoms. The predicted molar refractivity (Wildman–Crippen MR) is 81.2 cm³/mol. The molecule has 0 aliphatic carbocycles. The van der Waals surface area contributed by atoms with E-state index in [-0.39, 0.29) is 6.09 Å². The Bertz CT molecular complexity index is 656. The van der Waals surface area contributed by atoms with Crippen LogP contribution in [-0.4, -0.2) is 28.0 Å². The van der Waals surface area contributed by atoms with Gasteiger partial charge >= 0.3 is 6.09 Å². The third kappa shape index (κ3) is 2.77. The quantitative estimate of drug-likeness (QED) is 0.807. The molecule has 5 heteroatoms. The Morgan fingerprint density at radius 1 is 1.19 bits per heavy atom. The van der Waals surface area contributed by atoms with Gasteiger partial charge in [-0.15, -0.1) is 0 Å². The summed E-state index contributed by atoms with van der Waals surface area (Å²) in [7, 11) is 0. The van der Waals surface area contributed by atoms with Crippen LogP contribution in [0.5, 0.6) is 0 Å². The van der Waals surface area contributed by atoms with Gasteiger partial charge < -0.3 is 4.74 Å². The lowest BCUT2D eigenvalue weighted by molar-refractivity contribution is 0.0584. The van der Waals surface area contributed by atoms with Crippen LogP contribution in [0.4, 0.5) is 10.6 Å². The maximum absolute atomic E-state index is 12.2. The van der Waals surface area contributed by atoms with Crippen molar-refractivity contribution in [3.63, 3.8) is 0 Å². The minimum Gasteiger partial charge on any atom is -0.443 e. The number of benzene rings is 1. The first-order valence-electron chi connectivity index (χ1n) is 7.08. The molecule has 5 nitrogen and oxygen atoms in total. The smallest absolute Gasteiger partial charge is 0.416 e. The van der Waals surface area contributed by atoms with Crippen LogP contribution < -0.4 is 4.90 Å². The first-order valence-corrected chi connectivity index (χ1v) is 7.08. The molecule has 1 aliphatic rings. The fourth-order valence-electron chi connectivity index (χ4n) is 2.35. The highest BCUT2D eigenvalue weighted by Gasteiger charge is 2.30. The van der Waals surface area contributed by atoms with Crippen molar-refractivity contribution in [1.29, 1.82) is 0 Å². The number of ether oxygens (including phenoxy) is 1. The van der Waals surface area contributed by atoms with Crippen molar-refractivity contribution < 1.29 is 9.53 Å². The first kappa shape index (κ1) is 13.7. The lowest BCUT2D eigenvalue weighted by Crippen LogP contribution is -2.35. The Kier molecular flexibility index (Phi) is 3.20. The largest absolute Gasteiger partial charge is 0.443 e. The predicted octanol–water partition coefficient (Wildman–Crippen LogP) is 3.31. The van der Waals surface area contributed by atoms with Gasteiger partial charge in [0.25, 0.3) is 0 Å². The summed E-state index contributed by atoms with van der Waals surface area (Å²) in [4.78, 5) is 13.9. The van der Waals surface area contributed by atoms with E-state index < -0.39 is 5.60 Å². The molecule has 2 aromatic rings. The summed E-state index contributed by atoms with van der Waals surface area (Å²) in [5.41, 5.74) is 1.43. The van der Waals surface area contributed by atoms with E-state index in [4.69, 9.17) is 4.74 Å². The number of hydrogen-bond acceptors (Lipinski definition) is 3. The highest BCUT2D eigenvalue weighted by Crippen LogP contribution is 2.29. The molecule has 0 N–H and O–H groups in total. The summed E-state index contributed by atoms with van der Waals surface area (Å²) in [5.74, 6) is 0.795. The molecule has 0 saturated carbocycles. The summed E-state index contributed by atoms with van der Waals surface area (Å²) in [5, 5.41) is 4.56. The Morgan fingerprint density at radius 3 is 2.57 bits per heavy atom. The van der Waals surface area contributed by atoms with Crippen molar-refractivity contribution in [1.82, 2.24) is 9.78 Å². The average Bonchev–Trinajstić information content (AvgIpc) is 2.96. The zero-order valence-corrected chi connectivity index (χ0v) is 12.5.